The third-order valence-corrected chi connectivity index (χ3v) is 5.09. The summed E-state index contributed by atoms with van der Waals surface area (Å²) < 4.78 is 0. The van der Waals surface area contributed by atoms with Crippen molar-refractivity contribution in [1.82, 2.24) is 16.0 Å². The standard InChI is InChI=1S/C21H37N7O9/c1-10(2)16(28-17(33)11(22)4-3-9-25-21(23)24)19(35)26-12(5-7-14(29)30)18(34)27-13(20(36)37)6-8-15(31)32/h10-13,16H,3-9,22H2,1-2H3,(H,26,35)(H,27,34)(H,28,33)(H,29,30)(H,31,32)(H,36,37)(H4,23,24,25). The number of rotatable bonds is 18. The highest BCUT2D eigenvalue weighted by atomic mass is 16.4. The summed E-state index contributed by atoms with van der Waals surface area (Å²) in [5, 5.41) is 34.0. The molecule has 16 nitrogen and oxygen atoms in total. The van der Waals surface area contributed by atoms with Gasteiger partial charge in [-0.25, -0.2) is 4.79 Å². The van der Waals surface area contributed by atoms with Gasteiger partial charge in [0.05, 0.1) is 6.04 Å². The van der Waals surface area contributed by atoms with Crippen LogP contribution in [0.25, 0.3) is 0 Å². The highest BCUT2D eigenvalue weighted by molar-refractivity contribution is 5.94. The van der Waals surface area contributed by atoms with E-state index in [9.17, 15) is 33.9 Å². The monoisotopic (exact) mass is 531 g/mol. The number of nitrogens with one attached hydrogen (secondary N) is 3. The Morgan fingerprint density at radius 2 is 1.27 bits per heavy atom. The fraction of sp³-hybridized carbons (Fsp3) is 0.667. The van der Waals surface area contributed by atoms with Gasteiger partial charge in [0.1, 0.15) is 18.1 Å². The molecule has 0 aromatic heterocycles. The molecule has 0 aliphatic rings. The van der Waals surface area contributed by atoms with Crippen LogP contribution in [0.5, 0.6) is 0 Å². The summed E-state index contributed by atoms with van der Waals surface area (Å²) in [6.07, 6.45) is -1.29. The van der Waals surface area contributed by atoms with Crippen molar-refractivity contribution >= 4 is 41.6 Å². The van der Waals surface area contributed by atoms with Crippen molar-refractivity contribution in [2.45, 2.75) is 76.5 Å². The number of carbonyl (C=O) groups is 6. The fourth-order valence-electron chi connectivity index (χ4n) is 3.04. The highest BCUT2D eigenvalue weighted by Crippen LogP contribution is 2.08. The lowest BCUT2D eigenvalue weighted by atomic mass is 10.0. The minimum Gasteiger partial charge on any atom is -0.481 e. The molecule has 0 aliphatic carbocycles. The molecular weight excluding hydrogens is 494 g/mol. The van der Waals surface area contributed by atoms with Gasteiger partial charge < -0.3 is 48.5 Å². The first-order valence-electron chi connectivity index (χ1n) is 11.5. The topological polar surface area (TPSA) is 290 Å². The van der Waals surface area contributed by atoms with Crippen molar-refractivity contribution in [3.8, 4) is 0 Å². The molecule has 0 spiro atoms. The molecule has 3 amide bonds. The molecule has 0 aromatic carbocycles. The quantitative estimate of drug-likeness (QED) is 0.0495. The summed E-state index contributed by atoms with van der Waals surface area (Å²) in [6, 6.07) is -5.19. The Morgan fingerprint density at radius 3 is 1.73 bits per heavy atom. The first kappa shape index (κ1) is 33.0. The van der Waals surface area contributed by atoms with Crippen molar-refractivity contribution in [3.63, 3.8) is 0 Å². The molecule has 4 atom stereocenters. The second-order valence-electron chi connectivity index (χ2n) is 8.61. The first-order chi connectivity index (χ1) is 17.1. The van der Waals surface area contributed by atoms with E-state index in [1.54, 1.807) is 13.8 Å². The second-order valence-corrected chi connectivity index (χ2v) is 8.61. The molecule has 0 rings (SSSR count). The zero-order valence-corrected chi connectivity index (χ0v) is 20.8. The number of hydrogen-bond donors (Lipinski definition) is 9. The van der Waals surface area contributed by atoms with Crippen LogP contribution in [0.4, 0.5) is 0 Å². The Bertz CT molecular complexity index is 859. The Hall–Kier alpha value is -3.95. The number of nitrogens with zero attached hydrogens (tertiary/aromatic N) is 1. The average molecular weight is 532 g/mol. The zero-order valence-electron chi connectivity index (χ0n) is 20.8. The molecule has 4 unspecified atom stereocenters. The maximum Gasteiger partial charge on any atom is 0.326 e. The predicted octanol–water partition coefficient (Wildman–Crippen LogP) is -2.71. The molecule has 16 heteroatoms. The van der Waals surface area contributed by atoms with Gasteiger partial charge in [0.15, 0.2) is 5.96 Å². The molecule has 0 radical (unpaired) electrons. The number of nitrogens with two attached hydrogens (primary N) is 3. The minimum absolute atomic E-state index is 0.104. The summed E-state index contributed by atoms with van der Waals surface area (Å²) in [4.78, 5) is 75.1. The van der Waals surface area contributed by atoms with Crippen LogP contribution in [0.1, 0.15) is 52.4 Å². The molecule has 0 aromatic rings. The summed E-state index contributed by atoms with van der Waals surface area (Å²) in [7, 11) is 0. The fourth-order valence-corrected chi connectivity index (χ4v) is 3.04. The van der Waals surface area contributed by atoms with Gasteiger partial charge in [-0.15, -0.1) is 0 Å². The van der Waals surface area contributed by atoms with Crippen LogP contribution >= 0.6 is 0 Å². The lowest BCUT2D eigenvalue weighted by molar-refractivity contribution is -0.144. The van der Waals surface area contributed by atoms with Crippen molar-refractivity contribution in [2.24, 2.45) is 28.1 Å². The van der Waals surface area contributed by atoms with E-state index in [0.29, 0.717) is 6.42 Å². The van der Waals surface area contributed by atoms with Gasteiger partial charge in [0.2, 0.25) is 17.7 Å². The third-order valence-electron chi connectivity index (χ3n) is 5.09. The molecule has 0 heterocycles. The van der Waals surface area contributed by atoms with Crippen molar-refractivity contribution < 1.29 is 44.1 Å². The zero-order chi connectivity index (χ0) is 28.7. The highest BCUT2D eigenvalue weighted by Gasteiger charge is 2.32. The lowest BCUT2D eigenvalue weighted by Crippen LogP contribution is -2.58. The molecule has 12 N–H and O–H groups in total. The lowest BCUT2D eigenvalue weighted by Gasteiger charge is -2.26. The normalized spacial score (nSPS) is 13.9. The smallest absolute Gasteiger partial charge is 0.326 e. The van der Waals surface area contributed by atoms with Crippen LogP contribution in [0.3, 0.4) is 0 Å². The number of carbonyl (C=O) groups excluding carboxylic acids is 3. The van der Waals surface area contributed by atoms with Crippen molar-refractivity contribution in [1.29, 1.82) is 0 Å². The largest absolute Gasteiger partial charge is 0.481 e. The molecular formula is C21H37N7O9. The SMILES string of the molecule is CC(C)C(NC(=O)C(N)CCCN=C(N)N)C(=O)NC(CCC(=O)O)C(=O)NC(CCC(=O)O)C(=O)O. The van der Waals surface area contributed by atoms with E-state index in [0.717, 1.165) is 0 Å². The molecule has 0 saturated heterocycles. The van der Waals surface area contributed by atoms with Gasteiger partial charge in [0.25, 0.3) is 0 Å². The van der Waals surface area contributed by atoms with Gasteiger partial charge in [-0.2, -0.15) is 0 Å². The van der Waals surface area contributed by atoms with E-state index >= 15 is 0 Å². The van der Waals surface area contributed by atoms with E-state index in [1.807, 2.05) is 0 Å². The van der Waals surface area contributed by atoms with Gasteiger partial charge >= 0.3 is 17.9 Å². The van der Waals surface area contributed by atoms with Crippen LogP contribution in [-0.4, -0.2) is 87.6 Å². The van der Waals surface area contributed by atoms with E-state index in [4.69, 9.17) is 27.4 Å². The second kappa shape index (κ2) is 16.7. The first-order valence-corrected chi connectivity index (χ1v) is 11.5. The molecule has 210 valence electrons. The number of aliphatic carboxylic acids is 3. The maximum atomic E-state index is 12.9. The Morgan fingerprint density at radius 1 is 0.757 bits per heavy atom. The molecule has 0 aliphatic heterocycles. The number of carboxylic acid groups (broad SMARTS) is 3. The Kier molecular flexibility index (Phi) is 14.9. The molecule has 0 fully saturated rings. The van der Waals surface area contributed by atoms with Gasteiger partial charge in [-0.05, 0) is 31.6 Å². The average Bonchev–Trinajstić information content (AvgIpc) is 2.78. The van der Waals surface area contributed by atoms with Crippen LogP contribution in [0.15, 0.2) is 4.99 Å². The minimum atomic E-state index is -1.58. The van der Waals surface area contributed by atoms with Crippen LogP contribution in [0, 0.1) is 5.92 Å². The maximum absolute atomic E-state index is 12.9. The van der Waals surface area contributed by atoms with E-state index in [-0.39, 0.29) is 25.3 Å². The molecule has 0 bridgehead atoms. The predicted molar refractivity (Wildman–Crippen MR) is 130 cm³/mol. The van der Waals surface area contributed by atoms with Gasteiger partial charge in [-0.3, -0.25) is 29.0 Å². The van der Waals surface area contributed by atoms with Gasteiger partial charge in [0, 0.05) is 19.4 Å². The number of hydrogen-bond acceptors (Lipinski definition) is 8. The van der Waals surface area contributed by atoms with E-state index in [1.165, 1.54) is 0 Å². The van der Waals surface area contributed by atoms with E-state index in [2.05, 4.69) is 20.9 Å². The van der Waals surface area contributed by atoms with Crippen LogP contribution in [0.2, 0.25) is 0 Å². The summed E-state index contributed by atoms with van der Waals surface area (Å²) in [5.74, 6) is -7.11. The summed E-state index contributed by atoms with van der Waals surface area (Å²) in [5.41, 5.74) is 16.3. The van der Waals surface area contributed by atoms with Crippen molar-refractivity contribution in [3.05, 3.63) is 0 Å². The molecule has 0 saturated carbocycles. The number of carboxylic acids is 3. The molecule has 37 heavy (non-hydrogen) atoms. The number of aliphatic imine (C=N–C) groups is 1. The van der Waals surface area contributed by atoms with Crippen molar-refractivity contribution in [2.75, 3.05) is 6.54 Å². The summed E-state index contributed by atoms with van der Waals surface area (Å²) in [6.45, 7) is 3.49. The summed E-state index contributed by atoms with van der Waals surface area (Å²) >= 11 is 0. The Labute approximate surface area is 213 Å². The number of guanidine groups is 1. The third kappa shape index (κ3) is 14.3. The van der Waals surface area contributed by atoms with Gasteiger partial charge in [-0.1, -0.05) is 13.8 Å². The Balaban J connectivity index is 5.41. The van der Waals surface area contributed by atoms with Crippen LogP contribution < -0.4 is 33.2 Å². The van der Waals surface area contributed by atoms with Crippen LogP contribution in [-0.2, 0) is 28.8 Å². The number of amides is 3. The van der Waals surface area contributed by atoms with E-state index < -0.39 is 85.0 Å².